The molecule has 11 nitrogen and oxygen atoms in total. The van der Waals surface area contributed by atoms with Gasteiger partial charge in [-0.15, -0.1) is 0 Å². The Labute approximate surface area is 211 Å². The minimum atomic E-state index is -1.33. The molecule has 0 fully saturated rings. The van der Waals surface area contributed by atoms with Crippen LogP contribution in [0.1, 0.15) is 50.8 Å². The molecule has 3 atom stereocenters. The van der Waals surface area contributed by atoms with E-state index >= 15 is 0 Å². The molecular weight excluding hydrogens is 470 g/mol. The molecule has 1 aliphatic rings. The third-order valence-electron chi connectivity index (χ3n) is 5.84. The Morgan fingerprint density at radius 1 is 1.11 bits per heavy atom. The molecular formula is C25H37N3O8. The van der Waals surface area contributed by atoms with Crippen molar-refractivity contribution in [1.29, 1.82) is 0 Å². The van der Waals surface area contributed by atoms with Crippen LogP contribution in [0.3, 0.4) is 0 Å². The van der Waals surface area contributed by atoms with Crippen molar-refractivity contribution in [2.75, 3.05) is 33.9 Å². The van der Waals surface area contributed by atoms with Crippen LogP contribution in [0.4, 0.5) is 0 Å². The third kappa shape index (κ3) is 8.49. The van der Waals surface area contributed by atoms with E-state index < -0.39 is 36.0 Å². The molecule has 1 aromatic rings. The molecule has 1 aromatic carbocycles. The third-order valence-corrected chi connectivity index (χ3v) is 5.84. The molecule has 0 radical (unpaired) electrons. The van der Waals surface area contributed by atoms with E-state index in [1.807, 2.05) is 31.7 Å². The number of carbonyl (C=O) groups is 4. The number of methoxy groups -OCH3 is 1. The number of carboxylic acid groups (broad SMARTS) is 2. The highest BCUT2D eigenvalue weighted by Gasteiger charge is 2.33. The second-order valence-electron chi connectivity index (χ2n) is 10.2. The van der Waals surface area contributed by atoms with Crippen molar-refractivity contribution >= 4 is 23.8 Å². The van der Waals surface area contributed by atoms with Gasteiger partial charge < -0.3 is 30.3 Å². The SMILES string of the molecule is COc1ccc2c(c1)CCN(C)C2C(=O)NC(COCCC(NC(=O)CC(C)(C)C)C(=O)O)C(=O)O. The molecule has 1 heterocycles. The molecule has 0 aliphatic carbocycles. The first kappa shape index (κ1) is 29.1. The maximum atomic E-state index is 13.1. The van der Waals surface area contributed by atoms with Gasteiger partial charge in [-0.25, -0.2) is 9.59 Å². The number of fused-ring (bicyclic) bond motifs is 1. The highest BCUT2D eigenvalue weighted by Crippen LogP contribution is 2.31. The first-order valence-corrected chi connectivity index (χ1v) is 11.8. The second-order valence-corrected chi connectivity index (χ2v) is 10.2. The largest absolute Gasteiger partial charge is 0.497 e. The van der Waals surface area contributed by atoms with Gasteiger partial charge in [0.1, 0.15) is 17.8 Å². The Hall–Kier alpha value is -3.18. The number of hydrogen-bond acceptors (Lipinski definition) is 7. The molecule has 1 aliphatic heterocycles. The Bertz CT molecular complexity index is 959. The molecule has 2 rings (SSSR count). The normalized spacial score (nSPS) is 17.4. The molecule has 36 heavy (non-hydrogen) atoms. The van der Waals surface area contributed by atoms with Crippen LogP contribution in [0, 0.1) is 5.41 Å². The first-order valence-electron chi connectivity index (χ1n) is 11.8. The van der Waals surface area contributed by atoms with Crippen molar-refractivity contribution in [1.82, 2.24) is 15.5 Å². The van der Waals surface area contributed by atoms with Gasteiger partial charge in [0.05, 0.1) is 13.7 Å². The van der Waals surface area contributed by atoms with Crippen LogP contribution in [-0.4, -0.2) is 84.9 Å². The number of amides is 2. The lowest BCUT2D eigenvalue weighted by atomic mass is 9.92. The average molecular weight is 508 g/mol. The summed E-state index contributed by atoms with van der Waals surface area (Å²) in [5.74, 6) is -2.66. The molecule has 0 saturated carbocycles. The van der Waals surface area contributed by atoms with E-state index in [0.29, 0.717) is 12.3 Å². The van der Waals surface area contributed by atoms with Crippen molar-refractivity contribution in [2.24, 2.45) is 5.41 Å². The number of carboxylic acids is 2. The van der Waals surface area contributed by atoms with Crippen LogP contribution < -0.4 is 15.4 Å². The molecule has 0 spiro atoms. The Kier molecular flexibility index (Phi) is 10.2. The van der Waals surface area contributed by atoms with Crippen LogP contribution in [-0.2, 0) is 30.3 Å². The Morgan fingerprint density at radius 2 is 1.78 bits per heavy atom. The van der Waals surface area contributed by atoms with Gasteiger partial charge in [-0.1, -0.05) is 26.8 Å². The van der Waals surface area contributed by atoms with Crippen LogP contribution in [0.15, 0.2) is 18.2 Å². The number of benzene rings is 1. The van der Waals surface area contributed by atoms with E-state index in [0.717, 1.165) is 17.5 Å². The number of nitrogens with one attached hydrogen (secondary N) is 2. The smallest absolute Gasteiger partial charge is 0.328 e. The minimum Gasteiger partial charge on any atom is -0.497 e. The number of rotatable bonds is 12. The Balaban J connectivity index is 1.95. The summed E-state index contributed by atoms with van der Waals surface area (Å²) in [6, 6.07) is 2.28. The van der Waals surface area contributed by atoms with Crippen LogP contribution in [0.25, 0.3) is 0 Å². The van der Waals surface area contributed by atoms with Crippen molar-refractivity contribution < 1.29 is 38.9 Å². The summed E-state index contributed by atoms with van der Waals surface area (Å²) in [6.07, 6.45) is 0.845. The van der Waals surface area contributed by atoms with E-state index in [2.05, 4.69) is 10.6 Å². The number of hydrogen-bond donors (Lipinski definition) is 4. The summed E-state index contributed by atoms with van der Waals surface area (Å²) in [7, 11) is 3.36. The lowest BCUT2D eigenvalue weighted by Crippen LogP contribution is -2.50. The number of ether oxygens (including phenoxy) is 2. The van der Waals surface area contributed by atoms with Gasteiger partial charge in [-0.3, -0.25) is 14.5 Å². The number of nitrogens with zero attached hydrogens (tertiary/aromatic N) is 1. The fraction of sp³-hybridized carbons (Fsp3) is 0.600. The van der Waals surface area contributed by atoms with Crippen molar-refractivity contribution in [3.63, 3.8) is 0 Å². The molecule has 0 aromatic heterocycles. The summed E-state index contributed by atoms with van der Waals surface area (Å²) < 4.78 is 10.7. The van der Waals surface area contributed by atoms with Gasteiger partial charge in [-0.2, -0.15) is 0 Å². The fourth-order valence-electron chi connectivity index (χ4n) is 4.01. The van der Waals surface area contributed by atoms with Gasteiger partial charge in [0, 0.05) is 26.0 Å². The molecule has 3 unspecified atom stereocenters. The Morgan fingerprint density at radius 3 is 2.36 bits per heavy atom. The topological polar surface area (TPSA) is 154 Å². The predicted octanol–water partition coefficient (Wildman–Crippen LogP) is 1.21. The quantitative estimate of drug-likeness (QED) is 0.306. The molecule has 4 N–H and O–H groups in total. The lowest BCUT2D eigenvalue weighted by molar-refractivity contribution is -0.145. The van der Waals surface area contributed by atoms with Crippen molar-refractivity contribution in [2.45, 2.75) is 58.2 Å². The summed E-state index contributed by atoms with van der Waals surface area (Å²) >= 11 is 0. The van der Waals surface area contributed by atoms with E-state index in [1.54, 1.807) is 26.3 Å². The fourth-order valence-corrected chi connectivity index (χ4v) is 4.01. The summed E-state index contributed by atoms with van der Waals surface area (Å²) in [4.78, 5) is 50.3. The predicted molar refractivity (Wildman–Crippen MR) is 131 cm³/mol. The number of aliphatic carboxylic acids is 2. The first-order chi connectivity index (χ1) is 16.8. The van der Waals surface area contributed by atoms with Crippen molar-refractivity contribution in [3.8, 4) is 5.75 Å². The minimum absolute atomic E-state index is 0.0495. The van der Waals surface area contributed by atoms with Crippen molar-refractivity contribution in [3.05, 3.63) is 29.3 Å². The summed E-state index contributed by atoms with van der Waals surface area (Å²) in [5.41, 5.74) is 1.45. The summed E-state index contributed by atoms with van der Waals surface area (Å²) in [5, 5.41) is 24.0. The van der Waals surface area contributed by atoms with Crippen LogP contribution >= 0.6 is 0 Å². The molecule has 0 bridgehead atoms. The molecule has 0 saturated heterocycles. The van der Waals surface area contributed by atoms with Gasteiger partial charge in [0.25, 0.3) is 0 Å². The highest BCUT2D eigenvalue weighted by atomic mass is 16.5. The van der Waals surface area contributed by atoms with Gasteiger partial charge in [-0.05, 0) is 42.1 Å². The van der Waals surface area contributed by atoms with E-state index in [-0.39, 0.29) is 37.4 Å². The maximum Gasteiger partial charge on any atom is 0.328 e. The van der Waals surface area contributed by atoms with Crippen LogP contribution in [0.2, 0.25) is 0 Å². The van der Waals surface area contributed by atoms with Gasteiger partial charge >= 0.3 is 11.9 Å². The molecule has 2 amide bonds. The standard InChI is InChI=1S/C25H37N3O8/c1-25(2,3)13-20(29)26-18(23(31)32)9-11-36-14-19(24(33)34)27-22(30)21-17-7-6-16(35-5)12-15(17)8-10-28(21)4/h6-7,12,18-19,21H,8-11,13-14H2,1-5H3,(H,26,29)(H,27,30)(H,31,32)(H,33,34). The maximum absolute atomic E-state index is 13.1. The highest BCUT2D eigenvalue weighted by molar-refractivity contribution is 5.88. The monoisotopic (exact) mass is 507 g/mol. The molecule has 200 valence electrons. The second kappa shape index (κ2) is 12.7. The zero-order chi connectivity index (χ0) is 27.0. The number of carbonyl (C=O) groups excluding carboxylic acids is 2. The number of likely N-dealkylation sites (N-methyl/N-ethyl adjacent to an activating group) is 1. The lowest BCUT2D eigenvalue weighted by Gasteiger charge is -2.34. The van der Waals surface area contributed by atoms with Crippen LogP contribution in [0.5, 0.6) is 5.75 Å². The van der Waals surface area contributed by atoms with E-state index in [9.17, 15) is 29.4 Å². The molecule has 11 heteroatoms. The zero-order valence-corrected chi connectivity index (χ0v) is 21.5. The van der Waals surface area contributed by atoms with Gasteiger partial charge in [0.2, 0.25) is 11.8 Å². The average Bonchev–Trinajstić information content (AvgIpc) is 2.78. The van der Waals surface area contributed by atoms with E-state index in [4.69, 9.17) is 9.47 Å². The summed E-state index contributed by atoms with van der Waals surface area (Å²) in [6.45, 7) is 5.75. The zero-order valence-electron chi connectivity index (χ0n) is 21.5. The van der Waals surface area contributed by atoms with E-state index in [1.165, 1.54) is 0 Å². The van der Waals surface area contributed by atoms with Gasteiger partial charge in [0.15, 0.2) is 6.04 Å².